The zero-order valence-electron chi connectivity index (χ0n) is 25.2. The van der Waals surface area contributed by atoms with E-state index in [2.05, 4.69) is 0 Å². The molecule has 2 aliphatic heterocycles. The molecule has 0 spiro atoms. The summed E-state index contributed by atoms with van der Waals surface area (Å²) in [7, 11) is 0. The number of aliphatic hydroxyl groups is 7. The van der Waals surface area contributed by atoms with Crippen molar-refractivity contribution in [1.82, 2.24) is 0 Å². The third-order valence-electron chi connectivity index (χ3n) is 8.79. The molecule has 48 heavy (non-hydrogen) atoms. The van der Waals surface area contributed by atoms with Gasteiger partial charge in [-0.3, -0.25) is 4.79 Å². The van der Waals surface area contributed by atoms with E-state index in [1.165, 1.54) is 24.3 Å². The lowest BCUT2D eigenvalue weighted by Gasteiger charge is -2.45. The first kappa shape index (κ1) is 33.7. The molecule has 2 fully saturated rings. The number of phenolic OH excluding ortho intramolecular Hbond substituents is 2. The first-order valence-electron chi connectivity index (χ1n) is 15.0. The van der Waals surface area contributed by atoms with Crippen LogP contribution in [-0.2, 0) is 14.2 Å². The van der Waals surface area contributed by atoms with Crippen molar-refractivity contribution in [2.45, 2.75) is 74.3 Å². The van der Waals surface area contributed by atoms with Gasteiger partial charge in [0.2, 0.25) is 18.4 Å². The van der Waals surface area contributed by atoms with Gasteiger partial charge in [-0.05, 0) is 47.9 Å². The topological polar surface area (TPSA) is 253 Å². The largest absolute Gasteiger partial charge is 0.508 e. The highest BCUT2D eigenvalue weighted by Crippen LogP contribution is 2.49. The third-order valence-corrected chi connectivity index (χ3v) is 8.79. The summed E-state index contributed by atoms with van der Waals surface area (Å²) in [6.07, 6.45) is -17.5. The van der Waals surface area contributed by atoms with Gasteiger partial charge >= 0.3 is 5.97 Å². The fourth-order valence-corrected chi connectivity index (χ4v) is 6.42. The zero-order chi connectivity index (χ0) is 34.6. The summed E-state index contributed by atoms with van der Waals surface area (Å²) in [5, 5.41) is 95.1. The lowest BCUT2D eigenvalue weighted by molar-refractivity contribution is -0.282. The van der Waals surface area contributed by atoms with Crippen molar-refractivity contribution < 1.29 is 74.5 Å². The number of rotatable bonds is 6. The number of fused-ring (bicyclic) bond motifs is 2. The molecule has 0 unspecified atom stereocenters. The van der Waals surface area contributed by atoms with Gasteiger partial charge in [-0.25, -0.2) is 4.79 Å². The van der Waals surface area contributed by atoms with E-state index in [4.69, 9.17) is 18.9 Å². The maximum Gasteiger partial charge on any atom is 0.340 e. The Morgan fingerprint density at radius 3 is 2.10 bits per heavy atom. The smallest absolute Gasteiger partial charge is 0.340 e. The minimum Gasteiger partial charge on any atom is -0.508 e. The van der Waals surface area contributed by atoms with E-state index in [1.54, 1.807) is 25.1 Å². The van der Waals surface area contributed by atoms with Gasteiger partial charge in [-0.2, -0.15) is 0 Å². The minimum atomic E-state index is -1.94. The normalized spacial score (nSPS) is 33.0. The Balaban J connectivity index is 1.45. The molecule has 0 radical (unpaired) electrons. The number of hydrogen-bond donors (Lipinski definition) is 9. The molecule has 0 amide bonds. The molecule has 2 saturated heterocycles. The van der Waals surface area contributed by atoms with Crippen molar-refractivity contribution in [2.75, 3.05) is 6.61 Å². The van der Waals surface area contributed by atoms with Crippen molar-refractivity contribution in [3.05, 3.63) is 88.0 Å². The maximum absolute atomic E-state index is 14.1. The van der Waals surface area contributed by atoms with Gasteiger partial charge in [-0.1, -0.05) is 24.3 Å². The molecular formula is C33H34O15. The van der Waals surface area contributed by atoms with E-state index in [-0.39, 0.29) is 33.6 Å². The highest BCUT2D eigenvalue weighted by Gasteiger charge is 2.52. The van der Waals surface area contributed by atoms with Gasteiger partial charge in [0.1, 0.15) is 66.1 Å². The van der Waals surface area contributed by atoms with Gasteiger partial charge < -0.3 is 64.9 Å². The van der Waals surface area contributed by atoms with E-state index < -0.39 is 97.2 Å². The number of benzene rings is 3. The first-order chi connectivity index (χ1) is 22.8. The van der Waals surface area contributed by atoms with Gasteiger partial charge in [0, 0.05) is 12.0 Å². The molecule has 3 aliphatic rings. The number of carbonyl (C=O) groups is 2. The molecule has 0 bridgehead atoms. The Bertz CT molecular complexity index is 1690. The van der Waals surface area contributed by atoms with Crippen LogP contribution < -0.4 is 4.74 Å². The second-order valence-corrected chi connectivity index (χ2v) is 12.0. The predicted octanol–water partition coefficient (Wildman–Crippen LogP) is -1.07. The highest BCUT2D eigenvalue weighted by atomic mass is 16.7. The summed E-state index contributed by atoms with van der Waals surface area (Å²) in [6, 6.07) is 12.7. The van der Waals surface area contributed by atoms with Gasteiger partial charge in [0.05, 0.1) is 23.3 Å². The van der Waals surface area contributed by atoms with E-state index in [0.29, 0.717) is 5.56 Å². The Labute approximate surface area is 272 Å². The van der Waals surface area contributed by atoms with Crippen molar-refractivity contribution in [3.8, 4) is 17.2 Å². The summed E-state index contributed by atoms with van der Waals surface area (Å²) in [5.74, 6) is -4.41. The van der Waals surface area contributed by atoms with E-state index in [1.807, 2.05) is 0 Å². The molecule has 6 rings (SSSR count). The first-order valence-corrected chi connectivity index (χ1v) is 15.0. The van der Waals surface area contributed by atoms with Crippen molar-refractivity contribution in [3.63, 3.8) is 0 Å². The molecule has 11 atom stereocenters. The SMILES string of the molecule is Cc1cc(O[C@@H]2O[C@H](CO)[C@@H](O)[C@H](O)[C@H]2O)c2c(c1)[C@@H]([C@H]1O[C@H](OC(=O)c3ccccc3)[C@@H](O)[C@@H](O)[C@@H]1O)c1cc(O)cc(O)c1C2=O. The second-order valence-electron chi connectivity index (χ2n) is 12.0. The molecular weight excluding hydrogens is 636 g/mol. The molecule has 3 aromatic carbocycles. The zero-order valence-corrected chi connectivity index (χ0v) is 25.2. The molecule has 0 aromatic heterocycles. The van der Waals surface area contributed by atoms with Crippen LogP contribution in [0, 0.1) is 6.92 Å². The summed E-state index contributed by atoms with van der Waals surface area (Å²) in [4.78, 5) is 27.0. The van der Waals surface area contributed by atoms with Crippen LogP contribution in [0.4, 0.5) is 0 Å². The van der Waals surface area contributed by atoms with E-state index >= 15 is 0 Å². The fourth-order valence-electron chi connectivity index (χ4n) is 6.42. The number of aryl methyl sites for hydroxylation is 1. The molecule has 9 N–H and O–H groups in total. The predicted molar refractivity (Wildman–Crippen MR) is 159 cm³/mol. The Morgan fingerprint density at radius 1 is 0.771 bits per heavy atom. The quantitative estimate of drug-likeness (QED) is 0.142. The number of aromatic hydroxyl groups is 2. The molecule has 0 saturated carbocycles. The average molecular weight is 671 g/mol. The number of ether oxygens (including phenoxy) is 4. The average Bonchev–Trinajstić information content (AvgIpc) is 3.05. The third kappa shape index (κ3) is 5.78. The van der Waals surface area contributed by atoms with Gasteiger partial charge in [0.15, 0.2) is 0 Å². The van der Waals surface area contributed by atoms with E-state index in [9.17, 15) is 55.5 Å². The van der Waals surface area contributed by atoms with Crippen LogP contribution in [-0.4, -0.2) is 126 Å². The van der Waals surface area contributed by atoms with Crippen molar-refractivity contribution in [1.29, 1.82) is 0 Å². The van der Waals surface area contributed by atoms with Crippen LogP contribution in [0.5, 0.6) is 17.2 Å². The van der Waals surface area contributed by atoms with Gasteiger partial charge in [0.25, 0.3) is 0 Å². The van der Waals surface area contributed by atoms with Crippen LogP contribution in [0.3, 0.4) is 0 Å². The summed E-state index contributed by atoms with van der Waals surface area (Å²) >= 11 is 0. The summed E-state index contributed by atoms with van der Waals surface area (Å²) in [6.45, 7) is 0.863. The molecule has 256 valence electrons. The van der Waals surface area contributed by atoms with Crippen molar-refractivity contribution >= 4 is 11.8 Å². The molecule has 15 heteroatoms. The Kier molecular flexibility index (Phi) is 9.16. The number of esters is 1. The van der Waals surface area contributed by atoms with Crippen LogP contribution in [0.25, 0.3) is 0 Å². The Morgan fingerprint density at radius 2 is 1.42 bits per heavy atom. The van der Waals surface area contributed by atoms with Crippen molar-refractivity contribution in [2.24, 2.45) is 0 Å². The van der Waals surface area contributed by atoms with Crippen LogP contribution in [0.1, 0.15) is 48.9 Å². The second kappa shape index (κ2) is 13.0. The van der Waals surface area contributed by atoms with Crippen LogP contribution in [0.15, 0.2) is 54.6 Å². The molecule has 3 aromatic rings. The Hall–Kier alpha value is -4.16. The number of hydrogen-bond acceptors (Lipinski definition) is 15. The summed E-state index contributed by atoms with van der Waals surface area (Å²) in [5.41, 5.74) is 0.00199. The maximum atomic E-state index is 14.1. The number of carbonyl (C=O) groups excluding carboxylic acids is 2. The summed E-state index contributed by atoms with van der Waals surface area (Å²) < 4.78 is 22.7. The van der Waals surface area contributed by atoms with Crippen LogP contribution >= 0.6 is 0 Å². The monoisotopic (exact) mass is 670 g/mol. The number of aliphatic hydroxyl groups excluding tert-OH is 7. The molecule has 2 heterocycles. The van der Waals surface area contributed by atoms with Gasteiger partial charge in [-0.15, -0.1) is 0 Å². The minimum absolute atomic E-state index is 0.0461. The highest BCUT2D eigenvalue weighted by molar-refractivity contribution is 6.16. The standard InChI is InChI=1S/C33H34O15/c1-12-7-15-20(30-27(41)26(40)29(43)33(47-30)48-31(44)13-5-3-2-4-6-13)16-9-14(35)10-17(36)21(16)24(38)22(15)18(8-12)45-32-28(42)25(39)23(37)19(11-34)46-32/h2-10,19-20,23,25-30,32-37,39-43H,11H2,1H3/t19-,20-,23-,25+,26+,27+,28-,29+,30-,32-,33-/m1/s1. The lowest BCUT2D eigenvalue weighted by atomic mass is 9.71. The van der Waals surface area contributed by atoms with E-state index in [0.717, 1.165) is 12.1 Å². The number of phenols is 2. The number of ketones is 1. The molecule has 15 nitrogen and oxygen atoms in total. The molecule has 1 aliphatic carbocycles. The fraction of sp³-hybridized carbons (Fsp3) is 0.394. The lowest BCUT2D eigenvalue weighted by Crippen LogP contribution is -2.60. The van der Waals surface area contributed by atoms with Crippen LogP contribution in [0.2, 0.25) is 0 Å².